The van der Waals surface area contributed by atoms with Crippen molar-refractivity contribution in [1.82, 2.24) is 10.6 Å². The normalized spacial score (nSPS) is 31.1. The van der Waals surface area contributed by atoms with Gasteiger partial charge in [-0.15, -0.1) is 0 Å². The number of alkyl carbamates (subject to hydrolysis) is 1. The number of halogens is 1. The minimum atomic E-state index is -1.95. The molecule has 0 spiro atoms. The Morgan fingerprint density at radius 3 is 2.14 bits per heavy atom. The molecule has 2 aliphatic carbocycles. The Bertz CT molecular complexity index is 1020. The van der Waals surface area contributed by atoms with Gasteiger partial charge in [-0.2, -0.15) is 0 Å². The van der Waals surface area contributed by atoms with E-state index in [1.807, 2.05) is 0 Å². The molecule has 0 heterocycles. The van der Waals surface area contributed by atoms with E-state index in [4.69, 9.17) is 16.3 Å². The number of hydrogen-bond donors (Lipinski definition) is 5. The Labute approximate surface area is 208 Å². The van der Waals surface area contributed by atoms with Crippen LogP contribution in [0.25, 0.3) is 0 Å². The number of aliphatic carboxylic acids is 2. The van der Waals surface area contributed by atoms with Crippen LogP contribution in [0.3, 0.4) is 0 Å². The van der Waals surface area contributed by atoms with Crippen LogP contribution in [-0.4, -0.2) is 51.5 Å². The molecular formula is C24H32ClN3O7. The van der Waals surface area contributed by atoms with Gasteiger partial charge in [0, 0.05) is 34.0 Å². The Kier molecular flexibility index (Phi) is 7.00. The van der Waals surface area contributed by atoms with E-state index in [0.29, 0.717) is 10.7 Å². The SMILES string of the molecule is CCC1C(NC(=O)Nc2ccc(Cl)cc2)C2C(C(=O)O)C2(CC)C1(NC(=O)OC(C)(C)C)C(=O)O. The lowest BCUT2D eigenvalue weighted by molar-refractivity contribution is -0.153. The monoisotopic (exact) mass is 509 g/mol. The highest BCUT2D eigenvalue weighted by atomic mass is 35.5. The summed E-state index contributed by atoms with van der Waals surface area (Å²) in [6.07, 6.45) is -0.518. The molecule has 0 aliphatic heterocycles. The molecule has 11 heteroatoms. The first-order valence-electron chi connectivity index (χ1n) is 11.6. The van der Waals surface area contributed by atoms with E-state index >= 15 is 0 Å². The number of carboxylic acid groups (broad SMARTS) is 2. The molecule has 3 amide bonds. The van der Waals surface area contributed by atoms with E-state index in [2.05, 4.69) is 16.0 Å². The van der Waals surface area contributed by atoms with Crippen molar-refractivity contribution in [3.63, 3.8) is 0 Å². The number of carbonyl (C=O) groups is 4. The van der Waals surface area contributed by atoms with E-state index in [-0.39, 0.29) is 12.8 Å². The van der Waals surface area contributed by atoms with Gasteiger partial charge < -0.3 is 30.9 Å². The van der Waals surface area contributed by atoms with Gasteiger partial charge in [-0.05, 0) is 57.9 Å². The fraction of sp³-hybridized carbons (Fsp3) is 0.583. The molecule has 10 nitrogen and oxygen atoms in total. The molecule has 0 saturated heterocycles. The minimum Gasteiger partial charge on any atom is -0.481 e. The van der Waals surface area contributed by atoms with E-state index in [0.717, 1.165) is 0 Å². The van der Waals surface area contributed by atoms with Crippen molar-refractivity contribution in [2.75, 3.05) is 5.32 Å². The molecule has 6 atom stereocenters. The molecule has 2 fully saturated rings. The molecule has 0 bridgehead atoms. The van der Waals surface area contributed by atoms with Crippen molar-refractivity contribution in [2.24, 2.45) is 23.2 Å². The van der Waals surface area contributed by atoms with Crippen LogP contribution < -0.4 is 16.0 Å². The van der Waals surface area contributed by atoms with E-state index in [9.17, 15) is 29.4 Å². The first kappa shape index (κ1) is 26.6. The number of nitrogens with one attached hydrogen (secondary N) is 3. The molecule has 1 aromatic carbocycles. The van der Waals surface area contributed by atoms with Gasteiger partial charge in [0.15, 0.2) is 5.54 Å². The number of carbonyl (C=O) groups excluding carboxylic acids is 2. The average molecular weight is 510 g/mol. The first-order valence-corrected chi connectivity index (χ1v) is 11.9. The van der Waals surface area contributed by atoms with Crippen LogP contribution >= 0.6 is 11.6 Å². The molecule has 2 aliphatic rings. The standard InChI is InChI=1S/C24H32ClN3O7/c1-6-14-17(27-20(33)26-13-10-8-12(25)9-11-13)15-16(18(29)30)23(15,7-2)24(14,19(31)32)28-21(34)35-22(3,4)5/h8-11,14-17H,6-7H2,1-5H3,(H,28,34)(H,29,30)(H,31,32)(H2,26,27,33). The lowest BCUT2D eigenvalue weighted by Crippen LogP contribution is -2.66. The second kappa shape index (κ2) is 9.22. The molecule has 5 N–H and O–H groups in total. The molecule has 1 aromatic rings. The van der Waals surface area contributed by atoms with Crippen molar-refractivity contribution in [1.29, 1.82) is 0 Å². The molecule has 0 radical (unpaired) electrons. The average Bonchev–Trinajstić information content (AvgIpc) is 3.37. The third-order valence-electron chi connectivity index (χ3n) is 7.24. The summed E-state index contributed by atoms with van der Waals surface area (Å²) in [6.45, 7) is 8.38. The lowest BCUT2D eigenvalue weighted by atomic mass is 9.70. The second-order valence-corrected chi connectivity index (χ2v) is 10.6. The van der Waals surface area contributed by atoms with Gasteiger partial charge >= 0.3 is 24.1 Å². The summed E-state index contributed by atoms with van der Waals surface area (Å²) < 4.78 is 5.35. The fourth-order valence-electron chi connectivity index (χ4n) is 6.17. The van der Waals surface area contributed by atoms with Gasteiger partial charge in [-0.25, -0.2) is 14.4 Å². The zero-order chi connectivity index (χ0) is 26.3. The summed E-state index contributed by atoms with van der Waals surface area (Å²) in [6, 6.07) is 4.98. The van der Waals surface area contributed by atoms with Crippen molar-refractivity contribution in [3.8, 4) is 0 Å². The van der Waals surface area contributed by atoms with Gasteiger partial charge in [0.2, 0.25) is 0 Å². The predicted molar refractivity (Wildman–Crippen MR) is 128 cm³/mol. The molecule has 0 aromatic heterocycles. The van der Waals surface area contributed by atoms with Gasteiger partial charge in [0.25, 0.3) is 0 Å². The number of carboxylic acids is 2. The molecule has 35 heavy (non-hydrogen) atoms. The quantitative estimate of drug-likeness (QED) is 0.373. The summed E-state index contributed by atoms with van der Waals surface area (Å²) in [7, 11) is 0. The number of rotatable bonds is 7. The summed E-state index contributed by atoms with van der Waals surface area (Å²) in [4.78, 5) is 50.9. The Balaban J connectivity index is 2.00. The van der Waals surface area contributed by atoms with Gasteiger partial charge in [-0.1, -0.05) is 25.4 Å². The second-order valence-electron chi connectivity index (χ2n) is 10.1. The van der Waals surface area contributed by atoms with Crippen LogP contribution in [0.2, 0.25) is 5.02 Å². The maximum atomic E-state index is 12.9. The number of urea groups is 1. The number of anilines is 1. The smallest absolute Gasteiger partial charge is 0.408 e. The molecule has 192 valence electrons. The molecule has 2 saturated carbocycles. The minimum absolute atomic E-state index is 0.171. The van der Waals surface area contributed by atoms with Crippen molar-refractivity contribution < 1.29 is 34.1 Å². The number of fused-ring (bicyclic) bond motifs is 1. The zero-order valence-electron chi connectivity index (χ0n) is 20.3. The number of benzene rings is 1. The largest absolute Gasteiger partial charge is 0.481 e. The van der Waals surface area contributed by atoms with Crippen LogP contribution in [0, 0.1) is 23.2 Å². The molecular weight excluding hydrogens is 478 g/mol. The van der Waals surface area contributed by atoms with E-state index in [1.165, 1.54) is 0 Å². The van der Waals surface area contributed by atoms with Crippen LogP contribution in [-0.2, 0) is 14.3 Å². The fourth-order valence-corrected chi connectivity index (χ4v) is 6.29. The summed E-state index contributed by atoms with van der Waals surface area (Å²) in [5.41, 5.74) is -3.69. The number of amides is 3. The third-order valence-corrected chi connectivity index (χ3v) is 7.49. The van der Waals surface area contributed by atoms with E-state index < -0.39 is 64.4 Å². The third kappa shape index (κ3) is 4.39. The maximum absolute atomic E-state index is 12.9. The van der Waals surface area contributed by atoms with Gasteiger partial charge in [0.05, 0.1) is 5.92 Å². The highest BCUT2D eigenvalue weighted by Gasteiger charge is 2.88. The van der Waals surface area contributed by atoms with Crippen molar-refractivity contribution in [2.45, 2.75) is 64.6 Å². The first-order chi connectivity index (χ1) is 16.2. The Morgan fingerprint density at radius 1 is 1.09 bits per heavy atom. The number of hydrogen-bond acceptors (Lipinski definition) is 5. The van der Waals surface area contributed by atoms with Gasteiger partial charge in [-0.3, -0.25) is 4.79 Å². The van der Waals surface area contributed by atoms with Gasteiger partial charge in [0.1, 0.15) is 5.60 Å². The van der Waals surface area contributed by atoms with Crippen molar-refractivity contribution in [3.05, 3.63) is 29.3 Å². The highest BCUT2D eigenvalue weighted by Crippen LogP contribution is 2.76. The van der Waals surface area contributed by atoms with Crippen LogP contribution in [0.1, 0.15) is 47.5 Å². The number of ether oxygens (including phenoxy) is 1. The van der Waals surface area contributed by atoms with E-state index in [1.54, 1.807) is 58.9 Å². The van der Waals surface area contributed by atoms with Crippen LogP contribution in [0.5, 0.6) is 0 Å². The Morgan fingerprint density at radius 2 is 1.69 bits per heavy atom. The summed E-state index contributed by atoms with van der Waals surface area (Å²) in [5.74, 6) is -5.08. The molecule has 6 unspecified atom stereocenters. The zero-order valence-corrected chi connectivity index (χ0v) is 21.1. The Hall–Kier alpha value is -3.01. The topological polar surface area (TPSA) is 154 Å². The maximum Gasteiger partial charge on any atom is 0.408 e. The lowest BCUT2D eigenvalue weighted by Gasteiger charge is -2.42. The predicted octanol–water partition coefficient (Wildman–Crippen LogP) is 3.95. The molecule has 3 rings (SSSR count). The van der Waals surface area contributed by atoms with Crippen LogP contribution in [0.15, 0.2) is 24.3 Å². The van der Waals surface area contributed by atoms with Crippen LogP contribution in [0.4, 0.5) is 15.3 Å². The highest BCUT2D eigenvalue weighted by molar-refractivity contribution is 6.30. The van der Waals surface area contributed by atoms with Crippen molar-refractivity contribution >= 4 is 41.4 Å². The summed E-state index contributed by atoms with van der Waals surface area (Å²) in [5, 5.41) is 29.0. The summed E-state index contributed by atoms with van der Waals surface area (Å²) >= 11 is 5.88.